The fourth-order valence-corrected chi connectivity index (χ4v) is 4.08. The first kappa shape index (κ1) is 24.4. The fraction of sp³-hybridized carbons (Fsp3) is 0.136. The maximum Gasteiger partial charge on any atom is 0.341 e. The van der Waals surface area contributed by atoms with Crippen LogP contribution in [0.4, 0.5) is 10.5 Å². The van der Waals surface area contributed by atoms with Crippen molar-refractivity contribution in [1.29, 1.82) is 0 Å². The lowest BCUT2D eigenvalue weighted by molar-refractivity contribution is -0.139. The smallest absolute Gasteiger partial charge is 0.341 e. The molecule has 3 aromatic rings. The molecule has 2 heterocycles. The highest BCUT2D eigenvalue weighted by molar-refractivity contribution is 7.09. The van der Waals surface area contributed by atoms with Gasteiger partial charge in [0, 0.05) is 22.1 Å². The fourth-order valence-electron chi connectivity index (χ4n) is 2.90. The van der Waals surface area contributed by atoms with Crippen LogP contribution in [-0.4, -0.2) is 39.7 Å². The Labute approximate surface area is 202 Å². The molecule has 8 nitrogen and oxygen atoms in total. The van der Waals surface area contributed by atoms with E-state index in [4.69, 9.17) is 38.2 Å². The van der Waals surface area contributed by atoms with Gasteiger partial charge in [-0.05, 0) is 53.4 Å². The number of hydrogen-bond acceptors (Lipinski definition) is 5. The summed E-state index contributed by atoms with van der Waals surface area (Å²) in [6.45, 7) is 0.530. The first-order valence-electron chi connectivity index (χ1n) is 9.47. The van der Waals surface area contributed by atoms with Gasteiger partial charge in [-0.2, -0.15) is 0 Å². The average Bonchev–Trinajstić information content (AvgIpc) is 3.27. The quantitative estimate of drug-likeness (QED) is 0.407. The van der Waals surface area contributed by atoms with Gasteiger partial charge in [0.05, 0.1) is 17.1 Å². The summed E-state index contributed by atoms with van der Waals surface area (Å²) in [4.78, 5) is 35.9. The highest BCUT2D eigenvalue weighted by atomic mass is 35.5. The van der Waals surface area contributed by atoms with Crippen molar-refractivity contribution in [2.24, 2.45) is 0 Å². The van der Waals surface area contributed by atoms with Gasteiger partial charge in [-0.15, -0.1) is 11.3 Å². The monoisotopic (exact) mass is 508 g/mol. The Morgan fingerprint density at radius 3 is 2.55 bits per heavy atom. The Bertz CT molecular complexity index is 1170. The zero-order valence-corrected chi connectivity index (χ0v) is 19.3. The second-order valence-electron chi connectivity index (χ2n) is 6.80. The maximum atomic E-state index is 12.0. The molecular weight excluding hydrogens is 491 g/mol. The van der Waals surface area contributed by atoms with Crippen molar-refractivity contribution >= 4 is 58.2 Å². The van der Waals surface area contributed by atoms with Crippen molar-refractivity contribution in [3.63, 3.8) is 0 Å². The number of fused-ring (bicyclic) bond motifs is 1. The van der Waals surface area contributed by atoms with E-state index in [1.165, 1.54) is 18.2 Å². The number of benzene rings is 2. The van der Waals surface area contributed by atoms with Crippen LogP contribution in [0.2, 0.25) is 10.0 Å². The second-order valence-corrected chi connectivity index (χ2v) is 8.68. The molecule has 1 aliphatic rings. The van der Waals surface area contributed by atoms with E-state index >= 15 is 0 Å². The number of urea groups is 1. The zero-order chi connectivity index (χ0) is 24.0. The molecule has 1 aromatic heterocycles. The van der Waals surface area contributed by atoms with Gasteiger partial charge in [0.15, 0.2) is 6.61 Å². The summed E-state index contributed by atoms with van der Waals surface area (Å²) in [5.41, 5.74) is 1.74. The molecule has 2 amide bonds. The molecule has 33 heavy (non-hydrogen) atoms. The van der Waals surface area contributed by atoms with Crippen molar-refractivity contribution in [3.05, 3.63) is 80.0 Å². The van der Waals surface area contributed by atoms with Crippen LogP contribution < -0.4 is 10.1 Å². The number of carboxylic acid groups (broad SMARTS) is 2. The topological polar surface area (TPSA) is 116 Å². The summed E-state index contributed by atoms with van der Waals surface area (Å²) < 4.78 is 4.86. The van der Waals surface area contributed by atoms with Crippen molar-refractivity contribution < 1.29 is 29.3 Å². The number of thiophene rings is 1. The molecule has 0 bridgehead atoms. The maximum absolute atomic E-state index is 12.0. The molecule has 1 aliphatic heterocycles. The van der Waals surface area contributed by atoms with Crippen molar-refractivity contribution in [3.8, 4) is 5.75 Å². The number of aliphatic carboxylic acids is 1. The first-order chi connectivity index (χ1) is 15.7. The van der Waals surface area contributed by atoms with E-state index in [1.54, 1.807) is 34.4 Å². The predicted octanol–water partition coefficient (Wildman–Crippen LogP) is 5.45. The summed E-state index contributed by atoms with van der Waals surface area (Å²) in [5.74, 6) is -1.70. The summed E-state index contributed by atoms with van der Waals surface area (Å²) in [7, 11) is 0. The van der Waals surface area contributed by atoms with Gasteiger partial charge in [-0.25, -0.2) is 14.4 Å². The molecule has 0 radical (unpaired) electrons. The van der Waals surface area contributed by atoms with E-state index in [9.17, 15) is 14.4 Å². The molecule has 0 saturated heterocycles. The minimum absolute atomic E-state index is 0.158. The minimum Gasteiger partial charge on any atom is -0.480 e. The van der Waals surface area contributed by atoms with Crippen molar-refractivity contribution in [2.75, 3.05) is 11.9 Å². The van der Waals surface area contributed by atoms with Crippen LogP contribution >= 0.6 is 34.5 Å². The Morgan fingerprint density at radius 2 is 1.91 bits per heavy atom. The predicted molar refractivity (Wildman–Crippen MR) is 126 cm³/mol. The van der Waals surface area contributed by atoms with Crippen LogP contribution in [0.3, 0.4) is 0 Å². The molecule has 0 aliphatic carbocycles. The van der Waals surface area contributed by atoms with E-state index in [-0.39, 0.29) is 11.6 Å². The average molecular weight is 509 g/mol. The van der Waals surface area contributed by atoms with Crippen molar-refractivity contribution in [1.82, 2.24) is 4.90 Å². The lowest BCUT2D eigenvalue weighted by Crippen LogP contribution is -2.38. The lowest BCUT2D eigenvalue weighted by Gasteiger charge is -2.29. The molecule has 0 saturated carbocycles. The number of nitrogens with zero attached hydrogens (tertiary/aromatic N) is 1. The Balaban J connectivity index is 0.000000205. The number of carbonyl (C=O) groups excluding carboxylic acids is 1. The van der Waals surface area contributed by atoms with E-state index in [2.05, 4.69) is 5.32 Å². The summed E-state index contributed by atoms with van der Waals surface area (Å²) in [5, 5.41) is 22.9. The number of rotatable bonds is 6. The van der Waals surface area contributed by atoms with E-state index < -0.39 is 18.5 Å². The molecule has 0 spiro atoms. The third kappa shape index (κ3) is 6.85. The van der Waals surface area contributed by atoms with Crippen LogP contribution in [0, 0.1) is 0 Å². The Hall–Kier alpha value is -3.27. The number of halogens is 2. The van der Waals surface area contributed by atoms with Crippen LogP contribution in [0.5, 0.6) is 5.75 Å². The number of hydrogen-bond donors (Lipinski definition) is 3. The molecule has 11 heteroatoms. The molecule has 0 unspecified atom stereocenters. The normalized spacial score (nSPS) is 12.2. The first-order valence-corrected chi connectivity index (χ1v) is 11.1. The van der Waals surface area contributed by atoms with Gasteiger partial charge in [0.2, 0.25) is 0 Å². The number of carboxylic acids is 2. The Morgan fingerprint density at radius 1 is 1.12 bits per heavy atom. The van der Waals surface area contributed by atoms with E-state index in [0.717, 1.165) is 10.4 Å². The van der Waals surface area contributed by atoms with Gasteiger partial charge in [-0.3, -0.25) is 0 Å². The molecule has 172 valence electrons. The molecule has 0 atom stereocenters. The molecule has 3 N–H and O–H groups in total. The number of ether oxygens (including phenoxy) is 1. The van der Waals surface area contributed by atoms with Gasteiger partial charge in [0.1, 0.15) is 5.75 Å². The van der Waals surface area contributed by atoms with Gasteiger partial charge in [0.25, 0.3) is 0 Å². The summed E-state index contributed by atoms with van der Waals surface area (Å²) >= 11 is 12.9. The standard InChI is InChI=1S/C14H12N2O3S.C8H6Cl2O3/c17-13(18)9-3-4-12-10(6-9)7-16(14(19)15-12)8-11-2-1-5-20-11;9-5-1-2-7(6(10)3-5)13-4-8(11)12/h1-6H,7-8H2,(H,15,19)(H,17,18);1-3H,4H2,(H,11,12). The number of nitrogens with one attached hydrogen (secondary N) is 1. The second kappa shape index (κ2) is 11.0. The van der Waals surface area contributed by atoms with Crippen LogP contribution in [0.15, 0.2) is 53.9 Å². The van der Waals surface area contributed by atoms with E-state index in [0.29, 0.717) is 34.6 Å². The zero-order valence-electron chi connectivity index (χ0n) is 17.0. The highest BCUT2D eigenvalue weighted by Crippen LogP contribution is 2.28. The summed E-state index contributed by atoms with van der Waals surface area (Å²) in [6.07, 6.45) is 0. The molecule has 4 rings (SSSR count). The lowest BCUT2D eigenvalue weighted by atomic mass is 10.1. The molecule has 0 fully saturated rings. The van der Waals surface area contributed by atoms with Crippen molar-refractivity contribution in [2.45, 2.75) is 13.1 Å². The van der Waals surface area contributed by atoms with Crippen LogP contribution in [0.1, 0.15) is 20.8 Å². The van der Waals surface area contributed by atoms with Gasteiger partial charge < -0.3 is 25.2 Å². The third-order valence-electron chi connectivity index (χ3n) is 4.41. The number of carbonyl (C=O) groups is 3. The number of amides is 2. The Kier molecular flexibility index (Phi) is 8.16. The minimum atomic E-state index is -1.05. The SMILES string of the molecule is O=C(O)COc1ccc(Cl)cc1Cl.O=C(O)c1ccc2c(c1)CN(Cc1cccs1)C(=O)N2. The highest BCUT2D eigenvalue weighted by Gasteiger charge is 2.23. The largest absolute Gasteiger partial charge is 0.480 e. The number of anilines is 1. The van der Waals surface area contributed by atoms with Gasteiger partial charge in [-0.1, -0.05) is 29.3 Å². The summed E-state index contributed by atoms with van der Waals surface area (Å²) in [6, 6.07) is 13.1. The molecular formula is C22H18Cl2N2O6S. The van der Waals surface area contributed by atoms with Crippen LogP contribution in [0.25, 0.3) is 0 Å². The number of aromatic carboxylic acids is 1. The third-order valence-corrected chi connectivity index (χ3v) is 5.81. The van der Waals surface area contributed by atoms with Crippen LogP contribution in [-0.2, 0) is 17.9 Å². The van der Waals surface area contributed by atoms with Gasteiger partial charge >= 0.3 is 18.0 Å². The van der Waals surface area contributed by atoms with E-state index in [1.807, 2.05) is 17.5 Å². The molecule has 2 aromatic carbocycles.